The molecule has 0 radical (unpaired) electrons. The summed E-state index contributed by atoms with van der Waals surface area (Å²) in [5, 5.41) is 6.59. The predicted molar refractivity (Wildman–Crippen MR) is 116 cm³/mol. The molecule has 0 saturated heterocycles. The van der Waals surface area contributed by atoms with Gasteiger partial charge in [-0.3, -0.25) is 0 Å². The highest BCUT2D eigenvalue weighted by Crippen LogP contribution is 2.22. The fourth-order valence-corrected chi connectivity index (χ4v) is 2.70. The van der Waals surface area contributed by atoms with Crippen LogP contribution < -0.4 is 20.3 Å². The van der Waals surface area contributed by atoms with Gasteiger partial charge in [0.05, 0.1) is 6.10 Å². The van der Waals surface area contributed by atoms with E-state index in [1.54, 1.807) is 0 Å². The van der Waals surface area contributed by atoms with Crippen LogP contribution >= 0.6 is 0 Å². The number of nitrogens with one attached hydrogen (secondary N) is 2. The van der Waals surface area contributed by atoms with E-state index in [2.05, 4.69) is 37.6 Å². The summed E-state index contributed by atoms with van der Waals surface area (Å²) in [4.78, 5) is 11.1. The third kappa shape index (κ3) is 5.36. The molecule has 3 rings (SSSR count). The molecule has 0 spiro atoms. The first kappa shape index (κ1) is 19.5. The Morgan fingerprint density at radius 2 is 1.46 bits per heavy atom. The van der Waals surface area contributed by atoms with E-state index in [1.165, 1.54) is 0 Å². The third-order valence-corrected chi connectivity index (χ3v) is 3.99. The molecule has 6 nitrogen and oxygen atoms in total. The van der Waals surface area contributed by atoms with Crippen LogP contribution in [0, 0.1) is 6.92 Å². The van der Waals surface area contributed by atoms with Crippen LogP contribution in [-0.2, 0) is 0 Å². The lowest BCUT2D eigenvalue weighted by Crippen LogP contribution is -2.08. The van der Waals surface area contributed by atoms with Gasteiger partial charge < -0.3 is 20.3 Å². The molecule has 2 N–H and O–H groups in total. The first-order valence-electron chi connectivity index (χ1n) is 9.33. The Bertz CT molecular complexity index is 905. The van der Waals surface area contributed by atoms with Crippen molar-refractivity contribution in [2.24, 2.45) is 0 Å². The van der Waals surface area contributed by atoms with E-state index < -0.39 is 0 Å². The molecule has 0 saturated carbocycles. The summed E-state index contributed by atoms with van der Waals surface area (Å²) in [6.07, 6.45) is 0.152. The molecule has 0 aliphatic rings. The van der Waals surface area contributed by atoms with Gasteiger partial charge in [0.25, 0.3) is 0 Å². The lowest BCUT2D eigenvalue weighted by molar-refractivity contribution is 0.242. The third-order valence-electron chi connectivity index (χ3n) is 3.99. The Kier molecular flexibility index (Phi) is 5.99. The fourth-order valence-electron chi connectivity index (χ4n) is 2.70. The van der Waals surface area contributed by atoms with Crippen LogP contribution in [0.1, 0.15) is 19.5 Å². The minimum atomic E-state index is 0.152. The predicted octanol–water partition coefficient (Wildman–Crippen LogP) is 5.13. The summed E-state index contributed by atoms with van der Waals surface area (Å²) in [7, 11) is 4.05. The Balaban J connectivity index is 1.72. The summed E-state index contributed by atoms with van der Waals surface area (Å²) in [6, 6.07) is 17.9. The number of ether oxygens (including phenoxy) is 1. The number of nitrogens with zero attached hydrogens (tertiary/aromatic N) is 3. The van der Waals surface area contributed by atoms with Crippen LogP contribution in [0.25, 0.3) is 0 Å². The summed E-state index contributed by atoms with van der Waals surface area (Å²) in [5.74, 6) is 2.13. The van der Waals surface area contributed by atoms with Gasteiger partial charge in [0, 0.05) is 42.9 Å². The van der Waals surface area contributed by atoms with E-state index in [0.29, 0.717) is 5.95 Å². The molecule has 0 unspecified atom stereocenters. The summed E-state index contributed by atoms with van der Waals surface area (Å²) in [5.41, 5.74) is 3.91. The van der Waals surface area contributed by atoms with Gasteiger partial charge in [-0.25, -0.2) is 4.98 Å². The molecule has 0 aliphatic carbocycles. The van der Waals surface area contributed by atoms with Gasteiger partial charge in [-0.2, -0.15) is 4.98 Å². The molecule has 0 amide bonds. The molecule has 6 heteroatoms. The normalized spacial score (nSPS) is 10.6. The van der Waals surface area contributed by atoms with Crippen LogP contribution in [0.5, 0.6) is 5.75 Å². The molecule has 1 heterocycles. The first-order valence-corrected chi connectivity index (χ1v) is 9.33. The maximum Gasteiger partial charge on any atom is 0.229 e. The second kappa shape index (κ2) is 8.61. The van der Waals surface area contributed by atoms with Crippen LogP contribution in [0.15, 0.2) is 54.6 Å². The van der Waals surface area contributed by atoms with Crippen molar-refractivity contribution >= 4 is 28.8 Å². The zero-order valence-electron chi connectivity index (χ0n) is 17.0. The highest BCUT2D eigenvalue weighted by molar-refractivity contribution is 5.62. The summed E-state index contributed by atoms with van der Waals surface area (Å²) < 4.78 is 5.68. The van der Waals surface area contributed by atoms with Gasteiger partial charge in [0.15, 0.2) is 0 Å². The molecule has 28 heavy (non-hydrogen) atoms. The van der Waals surface area contributed by atoms with E-state index in [-0.39, 0.29) is 6.10 Å². The maximum atomic E-state index is 5.68. The Morgan fingerprint density at radius 3 is 2.07 bits per heavy atom. The minimum Gasteiger partial charge on any atom is -0.491 e. The summed E-state index contributed by atoms with van der Waals surface area (Å²) in [6.45, 7) is 5.97. The van der Waals surface area contributed by atoms with Crippen LogP contribution in [-0.4, -0.2) is 30.2 Å². The smallest absolute Gasteiger partial charge is 0.229 e. The Morgan fingerprint density at radius 1 is 0.857 bits per heavy atom. The van der Waals surface area contributed by atoms with Crippen molar-refractivity contribution in [3.05, 3.63) is 60.3 Å². The molecule has 0 fully saturated rings. The molecular formula is C22H27N5O. The van der Waals surface area contributed by atoms with E-state index in [9.17, 15) is 0 Å². The molecule has 1 aromatic heterocycles. The monoisotopic (exact) mass is 377 g/mol. The molecular weight excluding hydrogens is 350 g/mol. The van der Waals surface area contributed by atoms with Gasteiger partial charge in [-0.15, -0.1) is 0 Å². The van der Waals surface area contributed by atoms with Gasteiger partial charge in [-0.1, -0.05) is 0 Å². The lowest BCUT2D eigenvalue weighted by atomic mass is 10.2. The van der Waals surface area contributed by atoms with E-state index in [0.717, 1.165) is 34.3 Å². The number of benzene rings is 2. The molecule has 0 aliphatic heterocycles. The number of aryl methyl sites for hydroxylation is 1. The zero-order chi connectivity index (χ0) is 20.1. The van der Waals surface area contributed by atoms with Gasteiger partial charge >= 0.3 is 0 Å². The van der Waals surface area contributed by atoms with Gasteiger partial charge in [0.2, 0.25) is 5.95 Å². The number of hydrogen-bond acceptors (Lipinski definition) is 6. The van der Waals surface area contributed by atoms with Crippen LogP contribution in [0.2, 0.25) is 0 Å². The van der Waals surface area contributed by atoms with Crippen molar-refractivity contribution in [2.45, 2.75) is 26.9 Å². The summed E-state index contributed by atoms with van der Waals surface area (Å²) >= 11 is 0. The Hall–Kier alpha value is -3.28. The van der Waals surface area contributed by atoms with Crippen molar-refractivity contribution in [1.82, 2.24) is 9.97 Å². The number of rotatable bonds is 7. The van der Waals surface area contributed by atoms with Crippen molar-refractivity contribution in [2.75, 3.05) is 29.6 Å². The minimum absolute atomic E-state index is 0.152. The quantitative estimate of drug-likeness (QED) is 0.595. The van der Waals surface area contributed by atoms with Gasteiger partial charge in [0.1, 0.15) is 11.6 Å². The zero-order valence-corrected chi connectivity index (χ0v) is 17.0. The number of aromatic nitrogens is 2. The van der Waals surface area contributed by atoms with Crippen molar-refractivity contribution in [3.8, 4) is 5.75 Å². The van der Waals surface area contributed by atoms with Crippen LogP contribution in [0.4, 0.5) is 28.8 Å². The molecule has 2 aromatic carbocycles. The van der Waals surface area contributed by atoms with E-state index in [4.69, 9.17) is 4.74 Å². The average Bonchev–Trinajstić information content (AvgIpc) is 2.63. The SMILES string of the molecule is Cc1cc(Nc2ccc(N(C)C)cc2)nc(Nc2ccc(OC(C)C)cc2)n1. The topological polar surface area (TPSA) is 62.3 Å². The standard InChI is InChI=1S/C22H27N5O/c1-15(2)28-20-12-8-18(9-13-20)25-22-23-16(3)14-21(26-22)24-17-6-10-19(11-7-17)27(4)5/h6-15H,1-5H3,(H2,23,24,25,26). The Labute approximate surface area is 166 Å². The van der Waals surface area contributed by atoms with Crippen molar-refractivity contribution in [1.29, 1.82) is 0 Å². The average molecular weight is 377 g/mol. The second-order valence-electron chi connectivity index (χ2n) is 7.10. The van der Waals surface area contributed by atoms with Crippen molar-refractivity contribution in [3.63, 3.8) is 0 Å². The van der Waals surface area contributed by atoms with Crippen LogP contribution in [0.3, 0.4) is 0 Å². The fraction of sp³-hybridized carbons (Fsp3) is 0.273. The highest BCUT2D eigenvalue weighted by Gasteiger charge is 2.05. The largest absolute Gasteiger partial charge is 0.491 e. The lowest BCUT2D eigenvalue weighted by Gasteiger charge is -2.14. The first-order chi connectivity index (χ1) is 13.4. The van der Waals surface area contributed by atoms with Gasteiger partial charge in [-0.05, 0) is 69.3 Å². The molecule has 0 bridgehead atoms. The van der Waals surface area contributed by atoms with E-state index >= 15 is 0 Å². The molecule has 3 aromatic rings. The molecule has 0 atom stereocenters. The second-order valence-corrected chi connectivity index (χ2v) is 7.10. The molecule has 146 valence electrons. The highest BCUT2D eigenvalue weighted by atomic mass is 16.5. The van der Waals surface area contributed by atoms with E-state index in [1.807, 2.05) is 77.3 Å². The number of hydrogen-bond donors (Lipinski definition) is 2. The van der Waals surface area contributed by atoms with Crippen molar-refractivity contribution < 1.29 is 4.74 Å². The maximum absolute atomic E-state index is 5.68. The number of anilines is 5.